The molecule has 0 aliphatic rings. The van der Waals surface area contributed by atoms with E-state index in [0.717, 1.165) is 5.52 Å². The van der Waals surface area contributed by atoms with Crippen molar-refractivity contribution in [2.45, 2.75) is 3.79 Å². The number of nitrogens with zero attached hydrogens (tertiary/aromatic N) is 4. The number of hydrogen-bond acceptors (Lipinski definition) is 4. The maximum absolute atomic E-state index is 13.2. The van der Waals surface area contributed by atoms with Gasteiger partial charge in [-0.1, -0.05) is 40.0 Å². The monoisotopic (exact) mass is 334 g/mol. The van der Waals surface area contributed by atoms with Crippen molar-refractivity contribution >= 4 is 45.8 Å². The molecular formula is C11H6Cl3FN4O. The molecule has 0 saturated heterocycles. The van der Waals surface area contributed by atoms with Gasteiger partial charge in [-0.05, 0) is 12.1 Å². The van der Waals surface area contributed by atoms with E-state index in [0.29, 0.717) is 11.3 Å². The van der Waals surface area contributed by atoms with Crippen LogP contribution in [-0.2, 0) is 10.8 Å². The fraction of sp³-hybridized carbons (Fsp3) is 0.182. The number of alkyl halides is 3. The van der Waals surface area contributed by atoms with Gasteiger partial charge in [-0.3, -0.25) is 0 Å². The largest absolute Gasteiger partial charge is 0.334 e. The molecule has 0 bridgehead atoms. The average Bonchev–Trinajstić information content (AvgIpc) is 2.93. The molecule has 3 rings (SSSR count). The molecule has 0 radical (unpaired) electrons. The van der Waals surface area contributed by atoms with E-state index in [4.69, 9.17) is 39.3 Å². The molecule has 0 unspecified atom stereocenters. The molecule has 2 heterocycles. The molecule has 0 fully saturated rings. The van der Waals surface area contributed by atoms with Gasteiger partial charge >= 0.3 is 0 Å². The molecule has 104 valence electrons. The summed E-state index contributed by atoms with van der Waals surface area (Å²) in [6, 6.07) is 4.27. The molecular weight excluding hydrogens is 330 g/mol. The second kappa shape index (κ2) is 4.58. The van der Waals surface area contributed by atoms with Crippen LogP contribution in [0, 0.1) is 5.82 Å². The minimum Gasteiger partial charge on any atom is -0.334 e. The van der Waals surface area contributed by atoms with Gasteiger partial charge in [-0.15, -0.1) is 0 Å². The minimum absolute atomic E-state index is 0.157. The Bertz CT molecular complexity index is 793. The highest BCUT2D eigenvalue weighted by atomic mass is 35.6. The number of fused-ring (bicyclic) bond motifs is 1. The SMILES string of the molecule is Cn1c(-c2noc(C(Cl)(Cl)Cl)n2)nc2cc(F)ccc21. The Morgan fingerprint density at radius 2 is 2.00 bits per heavy atom. The summed E-state index contributed by atoms with van der Waals surface area (Å²) in [6.45, 7) is 0. The molecule has 3 aromatic rings. The number of hydrogen-bond donors (Lipinski definition) is 0. The summed E-state index contributed by atoms with van der Waals surface area (Å²) in [5.74, 6) is 0.00765. The lowest BCUT2D eigenvalue weighted by atomic mass is 10.3. The number of imidazole rings is 1. The van der Waals surface area contributed by atoms with Crippen LogP contribution in [-0.4, -0.2) is 19.7 Å². The van der Waals surface area contributed by atoms with Gasteiger partial charge in [-0.25, -0.2) is 9.37 Å². The van der Waals surface area contributed by atoms with Crippen molar-refractivity contribution in [2.75, 3.05) is 0 Å². The third kappa shape index (κ3) is 2.24. The molecule has 0 atom stereocenters. The van der Waals surface area contributed by atoms with E-state index in [1.54, 1.807) is 17.7 Å². The van der Waals surface area contributed by atoms with Crippen LogP contribution < -0.4 is 0 Å². The van der Waals surface area contributed by atoms with Crippen LogP contribution in [0.2, 0.25) is 0 Å². The molecule has 1 aromatic carbocycles. The zero-order valence-corrected chi connectivity index (χ0v) is 12.2. The van der Waals surface area contributed by atoms with Gasteiger partial charge in [-0.2, -0.15) is 4.98 Å². The van der Waals surface area contributed by atoms with Crippen molar-refractivity contribution in [2.24, 2.45) is 7.05 Å². The van der Waals surface area contributed by atoms with Crippen molar-refractivity contribution in [3.8, 4) is 11.6 Å². The predicted octanol–water partition coefficient (Wildman–Crippen LogP) is 3.59. The minimum atomic E-state index is -1.80. The van der Waals surface area contributed by atoms with Crippen LogP contribution >= 0.6 is 34.8 Å². The van der Waals surface area contributed by atoms with Gasteiger partial charge in [0.25, 0.3) is 9.68 Å². The lowest BCUT2D eigenvalue weighted by Gasteiger charge is -2.01. The fourth-order valence-electron chi connectivity index (χ4n) is 1.80. The standard InChI is InChI=1S/C11H6Cl3FN4O/c1-19-7-3-2-5(15)4-6(7)16-9(19)8-17-10(20-18-8)11(12,13)14/h2-4H,1H3. The zero-order valence-electron chi connectivity index (χ0n) is 9.94. The summed E-state index contributed by atoms with van der Waals surface area (Å²) >= 11 is 17.0. The highest BCUT2D eigenvalue weighted by Crippen LogP contribution is 2.37. The normalized spacial score (nSPS) is 12.2. The lowest BCUT2D eigenvalue weighted by Crippen LogP contribution is -2.00. The molecule has 0 aliphatic heterocycles. The summed E-state index contributed by atoms with van der Waals surface area (Å²) in [7, 11) is 1.74. The first kappa shape index (κ1) is 13.6. The van der Waals surface area contributed by atoms with Gasteiger partial charge in [0.2, 0.25) is 5.82 Å². The second-order valence-electron chi connectivity index (χ2n) is 4.05. The zero-order chi connectivity index (χ0) is 14.5. The molecule has 0 saturated carbocycles. The van der Waals surface area contributed by atoms with Gasteiger partial charge < -0.3 is 9.09 Å². The molecule has 0 aliphatic carbocycles. The Morgan fingerprint density at radius 3 is 2.65 bits per heavy atom. The Morgan fingerprint density at radius 1 is 1.25 bits per heavy atom. The van der Waals surface area contributed by atoms with Crippen molar-refractivity contribution in [1.29, 1.82) is 0 Å². The molecule has 0 N–H and O–H groups in total. The van der Waals surface area contributed by atoms with Crippen molar-refractivity contribution in [3.63, 3.8) is 0 Å². The first-order valence-corrected chi connectivity index (χ1v) is 6.53. The maximum atomic E-state index is 13.2. The first-order valence-electron chi connectivity index (χ1n) is 5.39. The molecule has 9 heteroatoms. The van der Waals surface area contributed by atoms with Crippen LogP contribution in [0.1, 0.15) is 5.89 Å². The molecule has 0 spiro atoms. The summed E-state index contributed by atoms with van der Waals surface area (Å²) in [5, 5.41) is 3.71. The number of aromatic nitrogens is 4. The van der Waals surface area contributed by atoms with Gasteiger partial charge in [0.15, 0.2) is 5.82 Å². The summed E-state index contributed by atoms with van der Waals surface area (Å²) < 4.78 is 18.0. The van der Waals surface area contributed by atoms with Crippen LogP contribution in [0.15, 0.2) is 22.7 Å². The topological polar surface area (TPSA) is 56.7 Å². The van der Waals surface area contributed by atoms with E-state index in [1.807, 2.05) is 0 Å². The molecule has 5 nitrogen and oxygen atoms in total. The summed E-state index contributed by atoms with van der Waals surface area (Å²) in [5.41, 5.74) is 1.20. The van der Waals surface area contributed by atoms with Crippen molar-refractivity contribution < 1.29 is 8.91 Å². The maximum Gasteiger partial charge on any atom is 0.279 e. The van der Waals surface area contributed by atoms with Crippen LogP contribution in [0.25, 0.3) is 22.7 Å². The van der Waals surface area contributed by atoms with E-state index in [9.17, 15) is 4.39 Å². The number of aryl methyl sites for hydroxylation is 1. The summed E-state index contributed by atoms with van der Waals surface area (Å²) in [4.78, 5) is 8.23. The third-order valence-electron chi connectivity index (χ3n) is 2.71. The van der Waals surface area contributed by atoms with E-state index in [1.165, 1.54) is 12.1 Å². The Labute approximate surface area is 127 Å². The van der Waals surface area contributed by atoms with Crippen molar-refractivity contribution in [1.82, 2.24) is 19.7 Å². The van der Waals surface area contributed by atoms with E-state index < -0.39 is 3.79 Å². The highest BCUT2D eigenvalue weighted by molar-refractivity contribution is 6.66. The van der Waals surface area contributed by atoms with E-state index in [2.05, 4.69) is 15.1 Å². The average molecular weight is 336 g/mol. The van der Waals surface area contributed by atoms with Crippen LogP contribution in [0.5, 0.6) is 0 Å². The Hall–Kier alpha value is -1.37. The molecule has 2 aromatic heterocycles. The van der Waals surface area contributed by atoms with Gasteiger partial charge in [0.1, 0.15) is 5.82 Å². The molecule has 0 amide bonds. The predicted molar refractivity (Wildman–Crippen MR) is 73.2 cm³/mol. The smallest absolute Gasteiger partial charge is 0.279 e. The second-order valence-corrected chi connectivity index (χ2v) is 6.33. The van der Waals surface area contributed by atoms with Crippen LogP contribution in [0.3, 0.4) is 0 Å². The first-order chi connectivity index (χ1) is 9.36. The van der Waals surface area contributed by atoms with Crippen LogP contribution in [0.4, 0.5) is 4.39 Å². The Balaban J connectivity index is 2.15. The van der Waals surface area contributed by atoms with E-state index in [-0.39, 0.29) is 17.5 Å². The lowest BCUT2D eigenvalue weighted by molar-refractivity contribution is 0.383. The van der Waals surface area contributed by atoms with Gasteiger partial charge in [0.05, 0.1) is 11.0 Å². The molecule has 20 heavy (non-hydrogen) atoms. The van der Waals surface area contributed by atoms with E-state index >= 15 is 0 Å². The highest BCUT2D eigenvalue weighted by Gasteiger charge is 2.31. The number of halogens is 4. The quantitative estimate of drug-likeness (QED) is 0.638. The number of benzene rings is 1. The Kier molecular flexibility index (Phi) is 3.12. The number of rotatable bonds is 1. The fourth-order valence-corrected chi connectivity index (χ4v) is 2.03. The van der Waals surface area contributed by atoms with Gasteiger partial charge in [0, 0.05) is 13.1 Å². The summed E-state index contributed by atoms with van der Waals surface area (Å²) in [6.07, 6.45) is 0. The van der Waals surface area contributed by atoms with Crippen molar-refractivity contribution in [3.05, 3.63) is 29.9 Å². The third-order valence-corrected chi connectivity index (χ3v) is 3.20.